The summed E-state index contributed by atoms with van der Waals surface area (Å²) < 4.78 is 0. The molecule has 1 heterocycles. The van der Waals surface area contributed by atoms with Gasteiger partial charge in [0.25, 0.3) is 0 Å². The van der Waals surface area contributed by atoms with Gasteiger partial charge in [-0.1, -0.05) is 13.8 Å². The summed E-state index contributed by atoms with van der Waals surface area (Å²) in [6.07, 6.45) is 3.02. The average Bonchev–Trinajstić information content (AvgIpc) is 2.58. The zero-order valence-corrected chi connectivity index (χ0v) is 8.69. The highest BCUT2D eigenvalue weighted by Crippen LogP contribution is 2.22. The van der Waals surface area contributed by atoms with Crippen molar-refractivity contribution < 1.29 is 0 Å². The van der Waals surface area contributed by atoms with Crippen LogP contribution in [0.3, 0.4) is 0 Å². The number of hydrogen-bond donors (Lipinski definition) is 1. The maximum absolute atomic E-state index is 4.31. The zero-order chi connectivity index (χ0) is 8.97. The molecule has 1 N–H and O–H groups in total. The average molecular weight is 184 g/mol. The van der Waals surface area contributed by atoms with E-state index in [-0.39, 0.29) is 0 Å². The van der Waals surface area contributed by atoms with Gasteiger partial charge in [-0.15, -0.1) is 11.3 Å². The molecule has 2 unspecified atom stereocenters. The Morgan fingerprint density at radius 1 is 1.67 bits per heavy atom. The first-order valence-electron chi connectivity index (χ1n) is 4.36. The first-order valence-corrected chi connectivity index (χ1v) is 5.24. The monoisotopic (exact) mass is 184 g/mol. The maximum atomic E-state index is 4.31. The fraction of sp³-hybridized carbons (Fsp3) is 0.667. The number of nitrogens with zero attached hydrogens (tertiary/aromatic N) is 1. The lowest BCUT2D eigenvalue weighted by Crippen LogP contribution is -2.29. The molecule has 0 bridgehead atoms. The highest BCUT2D eigenvalue weighted by atomic mass is 32.1. The highest BCUT2D eigenvalue weighted by molar-refractivity contribution is 7.09. The van der Waals surface area contributed by atoms with Crippen LogP contribution in [-0.2, 0) is 0 Å². The maximum Gasteiger partial charge on any atom is 0.0968 e. The molecule has 0 aliphatic carbocycles. The number of thiazole rings is 1. The second-order valence-corrected chi connectivity index (χ2v) is 3.89. The molecule has 1 aromatic heterocycles. The summed E-state index contributed by atoms with van der Waals surface area (Å²) in [7, 11) is 2.01. The van der Waals surface area contributed by atoms with Gasteiger partial charge in [-0.05, 0) is 13.5 Å². The summed E-state index contributed by atoms with van der Waals surface area (Å²) in [5, 5.41) is 6.57. The number of hydrogen-bond acceptors (Lipinski definition) is 3. The Morgan fingerprint density at radius 3 is 2.83 bits per heavy atom. The van der Waals surface area contributed by atoms with E-state index in [1.807, 2.05) is 18.6 Å². The molecule has 0 aromatic carbocycles. The Morgan fingerprint density at radius 2 is 2.42 bits per heavy atom. The molecule has 0 aliphatic rings. The van der Waals surface area contributed by atoms with E-state index in [9.17, 15) is 0 Å². The molecule has 1 aromatic rings. The van der Waals surface area contributed by atoms with E-state index in [0.29, 0.717) is 12.0 Å². The molecule has 0 aliphatic heterocycles. The van der Waals surface area contributed by atoms with Crippen LogP contribution in [0.5, 0.6) is 0 Å². The number of nitrogens with one attached hydrogen (secondary N) is 1. The van der Waals surface area contributed by atoms with Crippen LogP contribution in [0, 0.1) is 0 Å². The minimum atomic E-state index is 0.528. The predicted molar refractivity (Wildman–Crippen MR) is 53.7 cm³/mol. The first-order chi connectivity index (χ1) is 5.79. The SMILES string of the molecule is CCC(NC)C(C)c1nccs1. The largest absolute Gasteiger partial charge is 0.316 e. The second-order valence-electron chi connectivity index (χ2n) is 2.96. The summed E-state index contributed by atoms with van der Waals surface area (Å²) >= 11 is 1.74. The quantitative estimate of drug-likeness (QED) is 0.776. The molecule has 0 fully saturated rings. The molecule has 0 saturated heterocycles. The summed E-state index contributed by atoms with van der Waals surface area (Å²) in [4.78, 5) is 4.31. The Kier molecular flexibility index (Phi) is 3.69. The molecule has 2 atom stereocenters. The molecule has 68 valence electrons. The van der Waals surface area contributed by atoms with E-state index in [0.717, 1.165) is 6.42 Å². The lowest BCUT2D eigenvalue weighted by Gasteiger charge is -2.19. The van der Waals surface area contributed by atoms with Crippen LogP contribution in [0.15, 0.2) is 11.6 Å². The van der Waals surface area contributed by atoms with Gasteiger partial charge in [0.2, 0.25) is 0 Å². The molecule has 1 rings (SSSR count). The molecule has 0 amide bonds. The Labute approximate surface area is 78.0 Å². The van der Waals surface area contributed by atoms with Crippen LogP contribution in [0.4, 0.5) is 0 Å². The molecule has 3 heteroatoms. The van der Waals surface area contributed by atoms with Crippen LogP contribution in [0.2, 0.25) is 0 Å². The lowest BCUT2D eigenvalue weighted by atomic mass is 10.0. The Balaban J connectivity index is 2.63. The van der Waals surface area contributed by atoms with Crippen molar-refractivity contribution in [3.8, 4) is 0 Å². The topological polar surface area (TPSA) is 24.9 Å². The zero-order valence-electron chi connectivity index (χ0n) is 7.87. The van der Waals surface area contributed by atoms with Gasteiger partial charge in [-0.2, -0.15) is 0 Å². The van der Waals surface area contributed by atoms with Crippen molar-refractivity contribution in [2.24, 2.45) is 0 Å². The summed E-state index contributed by atoms with van der Waals surface area (Å²) in [5.74, 6) is 0.528. The fourth-order valence-corrected chi connectivity index (χ4v) is 2.20. The summed E-state index contributed by atoms with van der Waals surface area (Å²) in [6.45, 7) is 4.43. The minimum Gasteiger partial charge on any atom is -0.316 e. The van der Waals surface area contributed by atoms with E-state index >= 15 is 0 Å². The molecule has 0 saturated carbocycles. The standard InChI is InChI=1S/C9H16N2S/c1-4-8(10-3)7(2)9-11-5-6-12-9/h5-8,10H,4H2,1-3H3. The smallest absolute Gasteiger partial charge is 0.0968 e. The number of aromatic nitrogens is 1. The van der Waals surface area contributed by atoms with E-state index in [1.54, 1.807) is 11.3 Å². The second kappa shape index (κ2) is 4.58. The van der Waals surface area contributed by atoms with Crippen molar-refractivity contribution >= 4 is 11.3 Å². The van der Waals surface area contributed by atoms with Crippen molar-refractivity contribution in [3.05, 3.63) is 16.6 Å². The minimum absolute atomic E-state index is 0.528. The molecular weight excluding hydrogens is 168 g/mol. The third-order valence-corrected chi connectivity index (χ3v) is 3.23. The predicted octanol–water partition coefficient (Wildman–Crippen LogP) is 2.24. The van der Waals surface area contributed by atoms with Crippen molar-refractivity contribution in [1.82, 2.24) is 10.3 Å². The summed E-state index contributed by atoms with van der Waals surface area (Å²) in [5.41, 5.74) is 0. The van der Waals surface area contributed by atoms with Gasteiger partial charge in [-0.25, -0.2) is 4.98 Å². The molecule has 0 radical (unpaired) electrons. The fourth-order valence-electron chi connectivity index (χ4n) is 1.44. The van der Waals surface area contributed by atoms with Crippen molar-refractivity contribution in [2.75, 3.05) is 7.05 Å². The van der Waals surface area contributed by atoms with Gasteiger partial charge in [0.1, 0.15) is 0 Å². The van der Waals surface area contributed by atoms with E-state index in [4.69, 9.17) is 0 Å². The van der Waals surface area contributed by atoms with Crippen LogP contribution >= 0.6 is 11.3 Å². The van der Waals surface area contributed by atoms with E-state index in [2.05, 4.69) is 24.1 Å². The normalized spacial score (nSPS) is 15.9. The first kappa shape index (κ1) is 9.68. The van der Waals surface area contributed by atoms with Gasteiger partial charge in [-0.3, -0.25) is 0 Å². The van der Waals surface area contributed by atoms with Gasteiger partial charge in [0, 0.05) is 23.5 Å². The third kappa shape index (κ3) is 2.05. The third-order valence-electron chi connectivity index (χ3n) is 2.26. The van der Waals surface area contributed by atoms with Crippen LogP contribution in [0.25, 0.3) is 0 Å². The van der Waals surface area contributed by atoms with Gasteiger partial charge in [0.15, 0.2) is 0 Å². The van der Waals surface area contributed by atoms with Gasteiger partial charge in [0.05, 0.1) is 5.01 Å². The highest BCUT2D eigenvalue weighted by Gasteiger charge is 2.16. The Bertz CT molecular complexity index is 204. The van der Waals surface area contributed by atoms with Gasteiger partial charge >= 0.3 is 0 Å². The Hall–Kier alpha value is -0.410. The molecular formula is C9H16N2S. The summed E-state index contributed by atoms with van der Waals surface area (Å²) in [6, 6.07) is 0.552. The van der Waals surface area contributed by atoms with Crippen molar-refractivity contribution in [3.63, 3.8) is 0 Å². The number of likely N-dealkylation sites (N-methyl/N-ethyl adjacent to an activating group) is 1. The lowest BCUT2D eigenvalue weighted by molar-refractivity contribution is 0.471. The molecule has 0 spiro atoms. The van der Waals surface area contributed by atoms with Crippen molar-refractivity contribution in [1.29, 1.82) is 0 Å². The molecule has 2 nitrogen and oxygen atoms in total. The van der Waals surface area contributed by atoms with E-state index < -0.39 is 0 Å². The molecule has 12 heavy (non-hydrogen) atoms. The van der Waals surface area contributed by atoms with Crippen LogP contribution in [0.1, 0.15) is 31.2 Å². The van der Waals surface area contributed by atoms with Crippen molar-refractivity contribution in [2.45, 2.75) is 32.2 Å². The van der Waals surface area contributed by atoms with Gasteiger partial charge < -0.3 is 5.32 Å². The van der Waals surface area contributed by atoms with Crippen LogP contribution in [-0.4, -0.2) is 18.1 Å². The van der Waals surface area contributed by atoms with Crippen LogP contribution < -0.4 is 5.32 Å². The van der Waals surface area contributed by atoms with E-state index in [1.165, 1.54) is 5.01 Å². The number of rotatable bonds is 4.